The van der Waals surface area contributed by atoms with Crippen molar-refractivity contribution in [2.45, 2.75) is 50.9 Å². The Balaban J connectivity index is 1.28. The van der Waals surface area contributed by atoms with Crippen LogP contribution in [0.15, 0.2) is 78.9 Å². The molecule has 160 valence electrons. The molecule has 0 bridgehead atoms. The molecule has 0 spiro atoms. The summed E-state index contributed by atoms with van der Waals surface area (Å²) in [5.74, 6) is 1.47. The van der Waals surface area contributed by atoms with Crippen LogP contribution in [0.5, 0.6) is 5.75 Å². The first kappa shape index (κ1) is 21.6. The van der Waals surface area contributed by atoms with Crippen molar-refractivity contribution in [2.75, 3.05) is 0 Å². The summed E-state index contributed by atoms with van der Waals surface area (Å²) in [6, 6.07) is 26.8. The third-order valence-electron chi connectivity index (χ3n) is 6.45. The fourth-order valence-corrected chi connectivity index (χ4v) is 4.67. The highest BCUT2D eigenvalue weighted by Crippen LogP contribution is 2.36. The SMILES string of the molecule is C[C@@H](Cc1ccc(C2CCC(C(=O)Oc3ccc(Cl)cc3)CC2)cc1)c1ccccc1. The second-order valence-corrected chi connectivity index (χ2v) is 9.12. The summed E-state index contributed by atoms with van der Waals surface area (Å²) in [6.07, 6.45) is 4.86. The summed E-state index contributed by atoms with van der Waals surface area (Å²) < 4.78 is 5.54. The van der Waals surface area contributed by atoms with Crippen molar-refractivity contribution in [2.24, 2.45) is 5.92 Å². The lowest BCUT2D eigenvalue weighted by Crippen LogP contribution is -2.25. The van der Waals surface area contributed by atoms with Gasteiger partial charge in [0.15, 0.2) is 0 Å². The molecule has 2 nitrogen and oxygen atoms in total. The lowest BCUT2D eigenvalue weighted by atomic mass is 9.78. The number of carbonyl (C=O) groups excluding carboxylic acids is 1. The maximum absolute atomic E-state index is 12.5. The first-order chi connectivity index (χ1) is 15.1. The van der Waals surface area contributed by atoms with Gasteiger partial charge in [-0.15, -0.1) is 0 Å². The van der Waals surface area contributed by atoms with Gasteiger partial charge in [0, 0.05) is 5.02 Å². The van der Waals surface area contributed by atoms with E-state index in [-0.39, 0.29) is 11.9 Å². The largest absolute Gasteiger partial charge is 0.426 e. The van der Waals surface area contributed by atoms with Crippen LogP contribution in [0.25, 0.3) is 0 Å². The fraction of sp³-hybridized carbons (Fsp3) is 0.321. The molecule has 0 radical (unpaired) electrons. The van der Waals surface area contributed by atoms with Gasteiger partial charge in [0.05, 0.1) is 5.92 Å². The number of carbonyl (C=O) groups is 1. The number of halogens is 1. The fourth-order valence-electron chi connectivity index (χ4n) is 4.54. The Labute approximate surface area is 190 Å². The van der Waals surface area contributed by atoms with Crippen molar-refractivity contribution in [1.82, 2.24) is 0 Å². The van der Waals surface area contributed by atoms with Gasteiger partial charge in [0.2, 0.25) is 0 Å². The monoisotopic (exact) mass is 432 g/mol. The summed E-state index contributed by atoms with van der Waals surface area (Å²) in [4.78, 5) is 12.5. The molecule has 1 saturated carbocycles. The van der Waals surface area contributed by atoms with Crippen molar-refractivity contribution in [1.29, 1.82) is 0 Å². The van der Waals surface area contributed by atoms with Crippen molar-refractivity contribution in [3.63, 3.8) is 0 Å². The van der Waals surface area contributed by atoms with Gasteiger partial charge in [-0.25, -0.2) is 0 Å². The molecule has 0 saturated heterocycles. The summed E-state index contributed by atoms with van der Waals surface area (Å²) in [5.41, 5.74) is 4.15. The van der Waals surface area contributed by atoms with Crippen molar-refractivity contribution < 1.29 is 9.53 Å². The van der Waals surface area contributed by atoms with Crippen molar-refractivity contribution >= 4 is 17.6 Å². The smallest absolute Gasteiger partial charge is 0.314 e. The molecule has 3 aromatic rings. The zero-order chi connectivity index (χ0) is 21.6. The van der Waals surface area contributed by atoms with Crippen LogP contribution >= 0.6 is 11.6 Å². The minimum Gasteiger partial charge on any atom is -0.426 e. The predicted molar refractivity (Wildman–Crippen MR) is 127 cm³/mol. The maximum Gasteiger partial charge on any atom is 0.314 e. The molecule has 1 aliphatic rings. The van der Waals surface area contributed by atoms with E-state index in [0.717, 1.165) is 32.1 Å². The van der Waals surface area contributed by atoms with Crippen molar-refractivity contribution in [3.05, 3.63) is 101 Å². The Morgan fingerprint density at radius 3 is 2.19 bits per heavy atom. The first-order valence-electron chi connectivity index (χ1n) is 11.2. The van der Waals surface area contributed by atoms with Gasteiger partial charge in [-0.05, 0) is 84.9 Å². The zero-order valence-electron chi connectivity index (χ0n) is 18.0. The molecule has 1 fully saturated rings. The van der Waals surface area contributed by atoms with Crippen LogP contribution in [0.1, 0.15) is 61.1 Å². The predicted octanol–water partition coefficient (Wildman–Crippen LogP) is 7.57. The Morgan fingerprint density at radius 1 is 0.903 bits per heavy atom. The standard InChI is InChI=1S/C28H29ClO2/c1-20(22-5-3-2-4-6-22)19-21-7-9-23(10-8-21)24-11-13-25(14-12-24)28(30)31-27-17-15-26(29)16-18-27/h2-10,15-18,20,24-25H,11-14,19H2,1H3/t20-,24?,25?/m0/s1. The number of hydrogen-bond acceptors (Lipinski definition) is 2. The normalized spacial score (nSPS) is 19.5. The highest BCUT2D eigenvalue weighted by molar-refractivity contribution is 6.30. The highest BCUT2D eigenvalue weighted by atomic mass is 35.5. The molecule has 3 aromatic carbocycles. The summed E-state index contributed by atoms with van der Waals surface area (Å²) >= 11 is 5.89. The second-order valence-electron chi connectivity index (χ2n) is 8.68. The average Bonchev–Trinajstić information content (AvgIpc) is 2.82. The zero-order valence-corrected chi connectivity index (χ0v) is 18.7. The van der Waals surface area contributed by atoms with Crippen LogP contribution in [0, 0.1) is 5.92 Å². The minimum atomic E-state index is -0.119. The van der Waals surface area contributed by atoms with E-state index < -0.39 is 0 Å². The number of ether oxygens (including phenoxy) is 1. The number of benzene rings is 3. The Hall–Kier alpha value is -2.58. The van der Waals surface area contributed by atoms with Gasteiger partial charge in [0.25, 0.3) is 0 Å². The van der Waals surface area contributed by atoms with Crippen LogP contribution in [0.4, 0.5) is 0 Å². The Bertz CT molecular complexity index is 972. The van der Waals surface area contributed by atoms with Crippen LogP contribution < -0.4 is 4.74 Å². The molecule has 0 unspecified atom stereocenters. The van der Waals surface area contributed by atoms with E-state index >= 15 is 0 Å². The summed E-state index contributed by atoms with van der Waals surface area (Å²) in [6.45, 7) is 2.29. The highest BCUT2D eigenvalue weighted by Gasteiger charge is 2.28. The molecule has 1 atom stereocenters. The van der Waals surface area contributed by atoms with Crippen LogP contribution in [-0.4, -0.2) is 5.97 Å². The topological polar surface area (TPSA) is 26.3 Å². The molecule has 31 heavy (non-hydrogen) atoms. The second kappa shape index (κ2) is 10.2. The molecule has 0 aliphatic heterocycles. The van der Waals surface area contributed by atoms with E-state index in [1.165, 1.54) is 16.7 Å². The molecule has 1 aliphatic carbocycles. The molecule has 3 heteroatoms. The van der Waals surface area contributed by atoms with E-state index in [4.69, 9.17) is 16.3 Å². The summed E-state index contributed by atoms with van der Waals surface area (Å²) in [7, 11) is 0. The minimum absolute atomic E-state index is 0.0158. The molecule has 0 N–H and O–H groups in total. The first-order valence-corrected chi connectivity index (χ1v) is 11.6. The third-order valence-corrected chi connectivity index (χ3v) is 6.71. The number of rotatable bonds is 6. The molecular formula is C28H29ClO2. The van der Waals surface area contributed by atoms with Crippen LogP contribution in [0.2, 0.25) is 5.02 Å². The van der Waals surface area contributed by atoms with Gasteiger partial charge in [-0.3, -0.25) is 4.79 Å². The van der Waals surface area contributed by atoms with E-state index in [2.05, 4.69) is 61.5 Å². The quantitative estimate of drug-likeness (QED) is 0.296. The Morgan fingerprint density at radius 2 is 1.55 bits per heavy atom. The van der Waals surface area contributed by atoms with Gasteiger partial charge in [-0.1, -0.05) is 73.1 Å². The molecule has 4 rings (SSSR count). The summed E-state index contributed by atoms with van der Waals surface area (Å²) in [5, 5.41) is 0.640. The van der Waals surface area contributed by atoms with Gasteiger partial charge < -0.3 is 4.74 Å². The third kappa shape index (κ3) is 5.77. The van der Waals surface area contributed by atoms with E-state index in [9.17, 15) is 4.79 Å². The van der Waals surface area contributed by atoms with E-state index in [1.54, 1.807) is 24.3 Å². The number of esters is 1. The lowest BCUT2D eigenvalue weighted by Gasteiger charge is -2.27. The van der Waals surface area contributed by atoms with Crippen LogP contribution in [0.3, 0.4) is 0 Å². The molecule has 0 heterocycles. The lowest BCUT2D eigenvalue weighted by molar-refractivity contribution is -0.140. The van der Waals surface area contributed by atoms with Crippen molar-refractivity contribution in [3.8, 4) is 5.75 Å². The van der Waals surface area contributed by atoms with Crippen LogP contribution in [-0.2, 0) is 11.2 Å². The van der Waals surface area contributed by atoms with Gasteiger partial charge in [0.1, 0.15) is 5.75 Å². The van der Waals surface area contributed by atoms with Gasteiger partial charge in [-0.2, -0.15) is 0 Å². The molecule has 0 amide bonds. The molecular weight excluding hydrogens is 404 g/mol. The number of hydrogen-bond donors (Lipinski definition) is 0. The Kier molecular flexibility index (Phi) is 7.09. The molecule has 0 aromatic heterocycles. The maximum atomic E-state index is 12.5. The van der Waals surface area contributed by atoms with Gasteiger partial charge >= 0.3 is 5.97 Å². The average molecular weight is 433 g/mol. The van der Waals surface area contributed by atoms with E-state index in [0.29, 0.717) is 22.6 Å². The van der Waals surface area contributed by atoms with E-state index in [1.807, 2.05) is 0 Å².